The molecular formula is C22H20N4O2S. The summed E-state index contributed by atoms with van der Waals surface area (Å²) < 4.78 is 7.19. The minimum atomic E-state index is -0.292. The van der Waals surface area contributed by atoms with E-state index in [0.717, 1.165) is 34.0 Å². The van der Waals surface area contributed by atoms with Crippen LogP contribution in [0.25, 0.3) is 16.9 Å². The number of nitrogens with one attached hydrogen (secondary N) is 1. The summed E-state index contributed by atoms with van der Waals surface area (Å²) in [5, 5.41) is 9.70. The van der Waals surface area contributed by atoms with Crippen molar-refractivity contribution in [2.45, 2.75) is 13.8 Å². The van der Waals surface area contributed by atoms with Crippen LogP contribution >= 0.6 is 11.3 Å². The predicted octanol–water partition coefficient (Wildman–Crippen LogP) is 4.87. The van der Waals surface area contributed by atoms with Gasteiger partial charge in [0.2, 0.25) is 0 Å². The number of nitrogens with zero attached hydrogens (tertiary/aromatic N) is 3. The van der Waals surface area contributed by atoms with Gasteiger partial charge in [-0.05, 0) is 44.2 Å². The van der Waals surface area contributed by atoms with E-state index in [1.807, 2.05) is 67.8 Å². The van der Waals surface area contributed by atoms with Crippen LogP contribution in [0.2, 0.25) is 0 Å². The fourth-order valence-corrected chi connectivity index (χ4v) is 3.76. The number of aryl methyl sites for hydroxylation is 2. The molecule has 2 aromatic carbocycles. The molecule has 0 fully saturated rings. The average molecular weight is 404 g/mol. The maximum absolute atomic E-state index is 12.7. The highest BCUT2D eigenvalue weighted by molar-refractivity contribution is 7.14. The Labute approximate surface area is 172 Å². The first-order valence-electron chi connectivity index (χ1n) is 9.09. The number of amides is 1. The van der Waals surface area contributed by atoms with Crippen molar-refractivity contribution >= 4 is 22.4 Å². The Kier molecular flexibility index (Phi) is 5.14. The Bertz CT molecular complexity index is 1160. The number of aromatic nitrogens is 3. The van der Waals surface area contributed by atoms with Gasteiger partial charge in [-0.3, -0.25) is 10.1 Å². The molecule has 1 amide bonds. The van der Waals surface area contributed by atoms with Crippen LogP contribution in [0.15, 0.2) is 60.0 Å². The number of benzene rings is 2. The van der Waals surface area contributed by atoms with E-state index in [1.54, 1.807) is 17.9 Å². The van der Waals surface area contributed by atoms with Crippen molar-refractivity contribution in [3.05, 3.63) is 76.9 Å². The van der Waals surface area contributed by atoms with Gasteiger partial charge in [0.1, 0.15) is 5.75 Å². The highest BCUT2D eigenvalue weighted by atomic mass is 32.1. The Morgan fingerprint density at radius 1 is 1.10 bits per heavy atom. The molecule has 0 aliphatic heterocycles. The maximum atomic E-state index is 12.7. The molecule has 0 aliphatic rings. The molecule has 4 aromatic rings. The summed E-state index contributed by atoms with van der Waals surface area (Å²) in [6, 6.07) is 17.4. The zero-order valence-corrected chi connectivity index (χ0v) is 17.2. The van der Waals surface area contributed by atoms with Crippen LogP contribution in [0.5, 0.6) is 5.75 Å². The summed E-state index contributed by atoms with van der Waals surface area (Å²) in [5.74, 6) is 0.455. The van der Waals surface area contributed by atoms with Gasteiger partial charge in [0.15, 0.2) is 10.8 Å². The van der Waals surface area contributed by atoms with Crippen LogP contribution in [0.3, 0.4) is 0 Å². The van der Waals surface area contributed by atoms with Crippen LogP contribution in [0, 0.1) is 13.8 Å². The monoisotopic (exact) mass is 404 g/mol. The van der Waals surface area contributed by atoms with E-state index < -0.39 is 0 Å². The molecule has 0 saturated heterocycles. The molecule has 0 aliphatic carbocycles. The quantitative estimate of drug-likeness (QED) is 0.515. The Balaban J connectivity index is 1.56. The van der Waals surface area contributed by atoms with Gasteiger partial charge in [-0.25, -0.2) is 9.67 Å². The number of hydrogen-bond acceptors (Lipinski definition) is 5. The maximum Gasteiger partial charge on any atom is 0.277 e. The number of ether oxygens (including phenoxy) is 1. The number of carbonyl (C=O) groups is 1. The number of para-hydroxylation sites is 1. The van der Waals surface area contributed by atoms with Gasteiger partial charge in [0, 0.05) is 16.6 Å². The number of rotatable bonds is 5. The van der Waals surface area contributed by atoms with Gasteiger partial charge in [-0.2, -0.15) is 5.10 Å². The van der Waals surface area contributed by atoms with Gasteiger partial charge in [-0.1, -0.05) is 29.8 Å². The Hall–Kier alpha value is -3.45. The third-order valence-corrected chi connectivity index (χ3v) is 5.23. The van der Waals surface area contributed by atoms with E-state index in [0.29, 0.717) is 10.8 Å². The van der Waals surface area contributed by atoms with Crippen molar-refractivity contribution < 1.29 is 9.53 Å². The van der Waals surface area contributed by atoms with E-state index in [1.165, 1.54) is 11.3 Å². The average Bonchev–Trinajstić information content (AvgIpc) is 3.35. The second-order valence-electron chi connectivity index (χ2n) is 6.61. The zero-order chi connectivity index (χ0) is 20.4. The van der Waals surface area contributed by atoms with Crippen molar-refractivity contribution in [1.82, 2.24) is 14.8 Å². The molecule has 0 bridgehead atoms. The fraction of sp³-hybridized carbons (Fsp3) is 0.136. The van der Waals surface area contributed by atoms with Gasteiger partial charge < -0.3 is 4.74 Å². The predicted molar refractivity (Wildman–Crippen MR) is 115 cm³/mol. The summed E-state index contributed by atoms with van der Waals surface area (Å²) in [4.78, 5) is 17.2. The molecule has 29 heavy (non-hydrogen) atoms. The first-order valence-corrected chi connectivity index (χ1v) is 9.97. The first-order chi connectivity index (χ1) is 14.0. The Morgan fingerprint density at radius 2 is 1.90 bits per heavy atom. The lowest BCUT2D eigenvalue weighted by molar-refractivity contribution is 0.102. The van der Waals surface area contributed by atoms with E-state index in [4.69, 9.17) is 4.74 Å². The molecular weight excluding hydrogens is 384 g/mol. The van der Waals surface area contributed by atoms with Crippen molar-refractivity contribution in [3.63, 3.8) is 0 Å². The van der Waals surface area contributed by atoms with Gasteiger partial charge >= 0.3 is 0 Å². The van der Waals surface area contributed by atoms with E-state index in [-0.39, 0.29) is 5.91 Å². The lowest BCUT2D eigenvalue weighted by Crippen LogP contribution is -2.13. The van der Waals surface area contributed by atoms with Gasteiger partial charge in [0.05, 0.1) is 18.5 Å². The molecule has 2 heterocycles. The largest absolute Gasteiger partial charge is 0.496 e. The van der Waals surface area contributed by atoms with Crippen molar-refractivity contribution in [1.29, 1.82) is 0 Å². The summed E-state index contributed by atoms with van der Waals surface area (Å²) in [6.45, 7) is 3.94. The molecule has 2 aromatic heterocycles. The summed E-state index contributed by atoms with van der Waals surface area (Å²) in [7, 11) is 1.63. The smallest absolute Gasteiger partial charge is 0.277 e. The van der Waals surface area contributed by atoms with E-state index >= 15 is 0 Å². The van der Waals surface area contributed by atoms with Crippen LogP contribution in [0.4, 0.5) is 5.13 Å². The fourth-order valence-electron chi connectivity index (χ4n) is 3.05. The normalized spacial score (nSPS) is 10.7. The Morgan fingerprint density at radius 3 is 2.66 bits per heavy atom. The van der Waals surface area contributed by atoms with E-state index in [9.17, 15) is 4.79 Å². The first kappa shape index (κ1) is 18.9. The molecule has 0 atom stereocenters. The third-order valence-electron chi connectivity index (χ3n) is 4.48. The number of anilines is 1. The minimum absolute atomic E-state index is 0.292. The van der Waals surface area contributed by atoms with Crippen molar-refractivity contribution in [2.75, 3.05) is 12.4 Å². The molecule has 4 rings (SSSR count). The second kappa shape index (κ2) is 7.89. The van der Waals surface area contributed by atoms with Crippen LogP contribution in [-0.2, 0) is 0 Å². The molecule has 0 spiro atoms. The van der Waals surface area contributed by atoms with E-state index in [2.05, 4.69) is 15.4 Å². The SMILES string of the molecule is COc1ccc(C)cc1-c1csc(NC(=O)c2cc(C)n(-c3ccccc3)n2)n1. The van der Waals surface area contributed by atoms with Crippen molar-refractivity contribution in [2.24, 2.45) is 0 Å². The van der Waals surface area contributed by atoms with Crippen LogP contribution < -0.4 is 10.1 Å². The number of methoxy groups -OCH3 is 1. The second-order valence-corrected chi connectivity index (χ2v) is 7.47. The highest BCUT2D eigenvalue weighted by Gasteiger charge is 2.16. The minimum Gasteiger partial charge on any atom is -0.496 e. The molecule has 0 saturated carbocycles. The number of thiazole rings is 1. The molecule has 146 valence electrons. The number of hydrogen-bond donors (Lipinski definition) is 1. The van der Waals surface area contributed by atoms with Gasteiger partial charge in [-0.15, -0.1) is 11.3 Å². The van der Waals surface area contributed by atoms with Crippen LogP contribution in [-0.4, -0.2) is 27.8 Å². The standard InChI is InChI=1S/C22H20N4O2S/c1-14-9-10-20(28-3)17(11-14)19-13-29-22(23-19)24-21(27)18-12-15(2)26(25-18)16-7-5-4-6-8-16/h4-13H,1-3H3,(H,23,24,27). The molecule has 7 heteroatoms. The number of carbonyl (C=O) groups excluding carboxylic acids is 1. The third kappa shape index (κ3) is 3.90. The topological polar surface area (TPSA) is 69.0 Å². The van der Waals surface area contributed by atoms with Gasteiger partial charge in [0.25, 0.3) is 5.91 Å². The molecule has 6 nitrogen and oxygen atoms in total. The van der Waals surface area contributed by atoms with Crippen LogP contribution in [0.1, 0.15) is 21.7 Å². The molecule has 0 unspecified atom stereocenters. The summed E-state index contributed by atoms with van der Waals surface area (Å²) in [5.41, 5.74) is 4.90. The van der Waals surface area contributed by atoms with Crippen molar-refractivity contribution in [3.8, 4) is 22.7 Å². The summed E-state index contributed by atoms with van der Waals surface area (Å²) in [6.07, 6.45) is 0. The lowest BCUT2D eigenvalue weighted by Gasteiger charge is -2.07. The highest BCUT2D eigenvalue weighted by Crippen LogP contribution is 2.33. The summed E-state index contributed by atoms with van der Waals surface area (Å²) >= 11 is 1.37. The zero-order valence-electron chi connectivity index (χ0n) is 16.3. The lowest BCUT2D eigenvalue weighted by atomic mass is 10.1. The molecule has 0 radical (unpaired) electrons. The molecule has 1 N–H and O–H groups in total.